The van der Waals surface area contributed by atoms with Crippen LogP contribution >= 0.6 is 0 Å². The highest BCUT2D eigenvalue weighted by Gasteiger charge is 1.97. The molecule has 2 N–H and O–H groups in total. The van der Waals surface area contributed by atoms with Crippen molar-refractivity contribution in [2.45, 2.75) is 45.4 Å². The van der Waals surface area contributed by atoms with Gasteiger partial charge in [-0.15, -0.1) is 0 Å². The van der Waals surface area contributed by atoms with Crippen molar-refractivity contribution < 1.29 is 9.47 Å². The zero-order valence-corrected chi connectivity index (χ0v) is 14.9. The summed E-state index contributed by atoms with van der Waals surface area (Å²) < 4.78 is 10.8. The van der Waals surface area contributed by atoms with Crippen molar-refractivity contribution in [3.63, 3.8) is 0 Å². The summed E-state index contributed by atoms with van der Waals surface area (Å²) in [7, 11) is 1.74. The monoisotopic (exact) mass is 322 g/mol. The van der Waals surface area contributed by atoms with Gasteiger partial charge >= 0.3 is 0 Å². The third-order valence-corrected chi connectivity index (χ3v) is 3.68. The normalized spacial score (nSPS) is 10.7. The van der Waals surface area contributed by atoms with E-state index in [-0.39, 0.29) is 0 Å². The van der Waals surface area contributed by atoms with E-state index in [9.17, 15) is 0 Å². The van der Waals surface area contributed by atoms with Gasteiger partial charge in [-0.2, -0.15) is 0 Å². The number of rotatable bonds is 15. The molecule has 1 rings (SSSR count). The number of hydrogen-bond donors (Lipinski definition) is 2. The fourth-order valence-electron chi connectivity index (χ4n) is 2.35. The topological polar surface area (TPSA) is 42.5 Å². The van der Waals surface area contributed by atoms with Gasteiger partial charge in [0, 0.05) is 38.6 Å². The van der Waals surface area contributed by atoms with Crippen LogP contribution in [0.3, 0.4) is 0 Å². The fourth-order valence-corrected chi connectivity index (χ4v) is 2.35. The summed E-state index contributed by atoms with van der Waals surface area (Å²) in [4.78, 5) is 0. The van der Waals surface area contributed by atoms with Crippen molar-refractivity contribution in [3.8, 4) is 5.75 Å². The second kappa shape index (κ2) is 14.3. The van der Waals surface area contributed by atoms with Gasteiger partial charge in [-0.05, 0) is 31.5 Å². The van der Waals surface area contributed by atoms with Gasteiger partial charge in [-0.25, -0.2) is 0 Å². The molecule has 0 aliphatic carbocycles. The minimum absolute atomic E-state index is 0.814. The molecule has 0 aliphatic rings. The molecule has 0 heterocycles. The van der Waals surface area contributed by atoms with Gasteiger partial charge in [0.1, 0.15) is 5.75 Å². The first-order chi connectivity index (χ1) is 11.4. The van der Waals surface area contributed by atoms with Gasteiger partial charge in [-0.3, -0.25) is 0 Å². The molecule has 0 amide bonds. The molecule has 0 aromatic heterocycles. The average Bonchev–Trinajstić information content (AvgIpc) is 2.57. The van der Waals surface area contributed by atoms with Gasteiger partial charge in [0.05, 0.1) is 6.61 Å². The molecule has 0 radical (unpaired) electrons. The second-order valence-corrected chi connectivity index (χ2v) is 5.81. The smallest absolute Gasteiger partial charge is 0.121 e. The van der Waals surface area contributed by atoms with Gasteiger partial charge in [0.25, 0.3) is 0 Å². The largest absolute Gasteiger partial charge is 0.494 e. The van der Waals surface area contributed by atoms with Crippen LogP contribution in [0.25, 0.3) is 0 Å². The van der Waals surface area contributed by atoms with E-state index < -0.39 is 0 Å². The summed E-state index contributed by atoms with van der Waals surface area (Å²) in [6.45, 7) is 6.73. The third-order valence-electron chi connectivity index (χ3n) is 3.68. The first-order valence-corrected chi connectivity index (χ1v) is 9.03. The molecule has 0 aliphatic heterocycles. The molecule has 0 spiro atoms. The van der Waals surface area contributed by atoms with Crippen LogP contribution in [0.2, 0.25) is 0 Å². The highest BCUT2D eigenvalue weighted by atomic mass is 16.5. The number of ether oxygens (including phenoxy) is 2. The Morgan fingerprint density at radius 1 is 0.913 bits per heavy atom. The molecule has 0 unspecified atom stereocenters. The van der Waals surface area contributed by atoms with Crippen LogP contribution in [0.5, 0.6) is 5.75 Å². The summed E-state index contributed by atoms with van der Waals surface area (Å²) in [6, 6.07) is 8.23. The average molecular weight is 322 g/mol. The number of benzene rings is 1. The van der Waals surface area contributed by atoms with Crippen molar-refractivity contribution in [1.29, 1.82) is 0 Å². The third kappa shape index (κ3) is 11.0. The molecule has 132 valence electrons. The van der Waals surface area contributed by atoms with Crippen LogP contribution in [-0.4, -0.2) is 40.0 Å². The van der Waals surface area contributed by atoms with E-state index in [0.29, 0.717) is 0 Å². The van der Waals surface area contributed by atoms with Gasteiger partial charge in [-0.1, -0.05) is 38.7 Å². The molecule has 0 saturated carbocycles. The van der Waals surface area contributed by atoms with Crippen molar-refractivity contribution in [1.82, 2.24) is 5.32 Å². The number of methoxy groups -OCH3 is 1. The number of hydrogen-bond acceptors (Lipinski definition) is 4. The summed E-state index contributed by atoms with van der Waals surface area (Å²) in [5.74, 6) is 0.957. The fraction of sp³-hybridized carbons (Fsp3) is 0.684. The van der Waals surface area contributed by atoms with E-state index in [4.69, 9.17) is 9.47 Å². The van der Waals surface area contributed by atoms with Crippen molar-refractivity contribution in [3.05, 3.63) is 24.3 Å². The molecule has 0 bridgehead atoms. The summed E-state index contributed by atoms with van der Waals surface area (Å²) in [6.07, 6.45) is 7.40. The van der Waals surface area contributed by atoms with Crippen molar-refractivity contribution >= 4 is 5.69 Å². The Morgan fingerprint density at radius 2 is 1.78 bits per heavy atom. The molecule has 0 atom stereocenters. The molecule has 4 nitrogen and oxygen atoms in total. The van der Waals surface area contributed by atoms with Gasteiger partial charge in [0.15, 0.2) is 0 Å². The van der Waals surface area contributed by atoms with E-state index in [2.05, 4.69) is 29.7 Å². The molecule has 4 heteroatoms. The maximum atomic E-state index is 5.83. The standard InChI is InChI=1S/C19H34N2O2/c1-3-4-5-6-7-16-23-19-11-8-10-18(17-19)21-14-13-20-12-9-15-22-2/h8,10-11,17,20-21H,3-7,9,12-16H2,1-2H3. The maximum Gasteiger partial charge on any atom is 0.121 e. The molecule has 23 heavy (non-hydrogen) atoms. The Kier molecular flexibility index (Phi) is 12.3. The highest BCUT2D eigenvalue weighted by molar-refractivity contribution is 5.48. The minimum atomic E-state index is 0.814. The van der Waals surface area contributed by atoms with Crippen LogP contribution in [0.1, 0.15) is 45.4 Å². The number of anilines is 1. The predicted octanol–water partition coefficient (Wildman–Crippen LogP) is 4.07. The number of unbranched alkanes of at least 4 members (excludes halogenated alkanes) is 4. The second-order valence-electron chi connectivity index (χ2n) is 5.81. The Labute approximate surface area is 142 Å². The maximum absolute atomic E-state index is 5.83. The Hall–Kier alpha value is -1.26. The van der Waals surface area contributed by atoms with E-state index in [1.54, 1.807) is 7.11 Å². The van der Waals surface area contributed by atoms with E-state index in [0.717, 1.165) is 57.1 Å². The Balaban J connectivity index is 2.10. The van der Waals surface area contributed by atoms with E-state index in [1.165, 1.54) is 25.7 Å². The zero-order valence-electron chi connectivity index (χ0n) is 14.9. The Morgan fingerprint density at radius 3 is 2.61 bits per heavy atom. The lowest BCUT2D eigenvalue weighted by atomic mass is 10.2. The SMILES string of the molecule is CCCCCCCOc1cccc(NCCNCCCOC)c1. The van der Waals surface area contributed by atoms with Crippen LogP contribution in [0.4, 0.5) is 5.69 Å². The molecular weight excluding hydrogens is 288 g/mol. The molecule has 1 aromatic rings. The van der Waals surface area contributed by atoms with Crippen molar-refractivity contribution in [2.75, 3.05) is 45.3 Å². The lowest BCUT2D eigenvalue weighted by molar-refractivity contribution is 0.194. The number of nitrogens with one attached hydrogen (secondary N) is 2. The molecule has 0 saturated heterocycles. The summed E-state index contributed by atoms with van der Waals surface area (Å²) >= 11 is 0. The van der Waals surface area contributed by atoms with E-state index >= 15 is 0 Å². The van der Waals surface area contributed by atoms with E-state index in [1.807, 2.05) is 12.1 Å². The van der Waals surface area contributed by atoms with Crippen LogP contribution < -0.4 is 15.4 Å². The van der Waals surface area contributed by atoms with Crippen LogP contribution in [0.15, 0.2) is 24.3 Å². The zero-order chi connectivity index (χ0) is 16.6. The summed E-state index contributed by atoms with van der Waals surface area (Å²) in [5.41, 5.74) is 1.12. The Bertz CT molecular complexity index is 385. The van der Waals surface area contributed by atoms with Gasteiger partial charge in [0.2, 0.25) is 0 Å². The lowest BCUT2D eigenvalue weighted by Gasteiger charge is -2.10. The quantitative estimate of drug-likeness (QED) is 0.478. The molecule has 0 fully saturated rings. The predicted molar refractivity (Wildman–Crippen MR) is 98.5 cm³/mol. The van der Waals surface area contributed by atoms with Gasteiger partial charge < -0.3 is 20.1 Å². The van der Waals surface area contributed by atoms with Crippen LogP contribution in [-0.2, 0) is 4.74 Å². The summed E-state index contributed by atoms with van der Waals surface area (Å²) in [5, 5.41) is 6.81. The molecular formula is C19H34N2O2. The first kappa shape index (κ1) is 19.8. The molecule has 1 aromatic carbocycles. The highest BCUT2D eigenvalue weighted by Crippen LogP contribution is 2.17. The first-order valence-electron chi connectivity index (χ1n) is 9.03. The van der Waals surface area contributed by atoms with Crippen molar-refractivity contribution in [2.24, 2.45) is 0 Å². The minimum Gasteiger partial charge on any atom is -0.494 e. The lowest BCUT2D eigenvalue weighted by Crippen LogP contribution is -2.23. The van der Waals surface area contributed by atoms with Crippen LogP contribution in [0, 0.1) is 0 Å².